The van der Waals surface area contributed by atoms with Crippen molar-refractivity contribution in [1.82, 2.24) is 4.90 Å². The van der Waals surface area contributed by atoms with E-state index in [4.69, 9.17) is 9.84 Å². The molecular formula is C29H26FNO4. The molecular weight excluding hydrogens is 445 g/mol. The molecule has 0 heterocycles. The summed E-state index contributed by atoms with van der Waals surface area (Å²) in [4.78, 5) is 25.7. The summed E-state index contributed by atoms with van der Waals surface area (Å²) in [6.45, 7) is 0.397. The Labute approximate surface area is 203 Å². The fraction of sp³-hybridized carbons (Fsp3) is 0.172. The first-order chi connectivity index (χ1) is 16.9. The van der Waals surface area contributed by atoms with E-state index in [-0.39, 0.29) is 18.1 Å². The molecule has 0 aliphatic rings. The number of benzene rings is 4. The second kappa shape index (κ2) is 10.9. The van der Waals surface area contributed by atoms with Gasteiger partial charge in [0, 0.05) is 24.1 Å². The SMILES string of the molecule is CN(CCC(Oc1ccc(C(=O)c2ccc3ccccc3c2)cc1)c1ccc(F)cc1)CC(=O)O. The van der Waals surface area contributed by atoms with E-state index in [0.717, 1.165) is 16.3 Å². The minimum absolute atomic E-state index is 0.0762. The highest BCUT2D eigenvalue weighted by Crippen LogP contribution is 2.27. The molecule has 0 aliphatic heterocycles. The number of nitrogens with zero attached hydrogens (tertiary/aromatic N) is 1. The Balaban J connectivity index is 1.49. The number of carboxylic acids is 1. The number of carboxylic acid groups (broad SMARTS) is 1. The Morgan fingerprint density at radius 3 is 2.23 bits per heavy atom. The normalized spacial score (nSPS) is 12.0. The molecule has 1 unspecified atom stereocenters. The average Bonchev–Trinajstić information content (AvgIpc) is 2.86. The molecule has 1 N–H and O–H groups in total. The predicted molar refractivity (Wildman–Crippen MR) is 133 cm³/mol. The van der Waals surface area contributed by atoms with E-state index in [1.165, 1.54) is 12.1 Å². The molecule has 0 fully saturated rings. The van der Waals surface area contributed by atoms with Crippen molar-refractivity contribution in [2.24, 2.45) is 0 Å². The monoisotopic (exact) mass is 471 g/mol. The molecule has 1 atom stereocenters. The van der Waals surface area contributed by atoms with Crippen LogP contribution in [0.25, 0.3) is 10.8 Å². The third-order valence-electron chi connectivity index (χ3n) is 5.83. The zero-order valence-electron chi connectivity index (χ0n) is 19.4. The van der Waals surface area contributed by atoms with Crippen LogP contribution in [0.3, 0.4) is 0 Å². The first kappa shape index (κ1) is 24.1. The van der Waals surface area contributed by atoms with Crippen molar-refractivity contribution in [1.29, 1.82) is 0 Å². The number of aliphatic carboxylic acids is 1. The fourth-order valence-corrected chi connectivity index (χ4v) is 3.97. The number of ketones is 1. The predicted octanol–water partition coefficient (Wildman–Crippen LogP) is 5.74. The number of hydrogen-bond donors (Lipinski definition) is 1. The summed E-state index contributed by atoms with van der Waals surface area (Å²) in [5.74, 6) is -0.756. The van der Waals surface area contributed by atoms with Crippen LogP contribution < -0.4 is 4.74 Å². The molecule has 6 heteroatoms. The van der Waals surface area contributed by atoms with Crippen molar-refractivity contribution < 1.29 is 23.8 Å². The molecule has 178 valence electrons. The number of likely N-dealkylation sites (N-methyl/N-ethyl adjacent to an activating group) is 1. The number of fused-ring (bicyclic) bond motifs is 1. The van der Waals surface area contributed by atoms with Crippen LogP contribution in [0.4, 0.5) is 4.39 Å². The van der Waals surface area contributed by atoms with E-state index in [2.05, 4.69) is 0 Å². The van der Waals surface area contributed by atoms with E-state index in [1.807, 2.05) is 42.5 Å². The topological polar surface area (TPSA) is 66.8 Å². The second-order valence-electron chi connectivity index (χ2n) is 8.49. The Bertz CT molecular complexity index is 1320. The fourth-order valence-electron chi connectivity index (χ4n) is 3.97. The molecule has 0 saturated carbocycles. The smallest absolute Gasteiger partial charge is 0.317 e. The van der Waals surface area contributed by atoms with Crippen molar-refractivity contribution in [2.75, 3.05) is 20.1 Å². The van der Waals surface area contributed by atoms with Crippen molar-refractivity contribution >= 4 is 22.5 Å². The van der Waals surface area contributed by atoms with Gasteiger partial charge in [0.2, 0.25) is 0 Å². The maximum Gasteiger partial charge on any atom is 0.317 e. The van der Waals surface area contributed by atoms with Crippen LogP contribution in [-0.2, 0) is 4.79 Å². The van der Waals surface area contributed by atoms with Crippen molar-refractivity contribution in [3.8, 4) is 5.75 Å². The van der Waals surface area contributed by atoms with Gasteiger partial charge >= 0.3 is 5.97 Å². The Morgan fingerprint density at radius 2 is 1.54 bits per heavy atom. The molecule has 0 radical (unpaired) electrons. The van der Waals surface area contributed by atoms with Gasteiger partial charge in [-0.05, 0) is 65.8 Å². The number of carbonyl (C=O) groups is 2. The molecule has 0 aromatic heterocycles. The Hall–Kier alpha value is -4.03. The summed E-state index contributed by atoms with van der Waals surface area (Å²) < 4.78 is 19.6. The van der Waals surface area contributed by atoms with Crippen LogP contribution in [0.5, 0.6) is 5.75 Å². The average molecular weight is 472 g/mol. The van der Waals surface area contributed by atoms with E-state index < -0.39 is 12.1 Å². The minimum atomic E-state index is -0.904. The zero-order valence-corrected chi connectivity index (χ0v) is 19.4. The lowest BCUT2D eigenvalue weighted by Gasteiger charge is -2.22. The van der Waals surface area contributed by atoms with E-state index >= 15 is 0 Å². The lowest BCUT2D eigenvalue weighted by molar-refractivity contribution is -0.138. The van der Waals surface area contributed by atoms with Crippen LogP contribution >= 0.6 is 0 Å². The summed E-state index contributed by atoms with van der Waals surface area (Å²) in [5.41, 5.74) is 1.95. The van der Waals surface area contributed by atoms with Gasteiger partial charge in [-0.2, -0.15) is 0 Å². The molecule has 0 spiro atoms. The summed E-state index contributed by atoms with van der Waals surface area (Å²) in [6, 6.07) is 26.6. The molecule has 0 bridgehead atoms. The lowest BCUT2D eigenvalue weighted by Crippen LogP contribution is -2.28. The van der Waals surface area contributed by atoms with Gasteiger partial charge in [-0.25, -0.2) is 4.39 Å². The number of halogens is 1. The first-order valence-corrected chi connectivity index (χ1v) is 11.3. The Kier molecular flexibility index (Phi) is 7.53. The van der Waals surface area contributed by atoms with Crippen molar-refractivity contribution in [3.05, 3.63) is 114 Å². The largest absolute Gasteiger partial charge is 0.486 e. The highest BCUT2D eigenvalue weighted by Gasteiger charge is 2.17. The van der Waals surface area contributed by atoms with Gasteiger partial charge in [0.1, 0.15) is 17.7 Å². The number of ether oxygens (including phenoxy) is 1. The van der Waals surface area contributed by atoms with Crippen LogP contribution in [0.2, 0.25) is 0 Å². The summed E-state index contributed by atoms with van der Waals surface area (Å²) in [6.07, 6.45) is 0.0987. The number of carbonyl (C=O) groups excluding carboxylic acids is 1. The maximum atomic E-state index is 13.4. The van der Waals surface area contributed by atoms with Gasteiger partial charge in [-0.1, -0.05) is 48.5 Å². The van der Waals surface area contributed by atoms with Crippen LogP contribution in [-0.4, -0.2) is 41.9 Å². The zero-order chi connectivity index (χ0) is 24.8. The van der Waals surface area contributed by atoms with Gasteiger partial charge in [0.25, 0.3) is 0 Å². The maximum absolute atomic E-state index is 13.4. The Morgan fingerprint density at radius 1 is 0.886 bits per heavy atom. The van der Waals surface area contributed by atoms with Crippen LogP contribution in [0.1, 0.15) is 34.0 Å². The first-order valence-electron chi connectivity index (χ1n) is 11.3. The van der Waals surface area contributed by atoms with Gasteiger partial charge in [0.15, 0.2) is 5.78 Å². The standard InChI is InChI=1S/C29H26FNO4/c1-31(19-28(32)33)17-16-27(21-8-12-25(30)13-9-21)35-26-14-10-22(11-15-26)29(34)24-7-6-20-4-2-3-5-23(20)18-24/h2-15,18,27H,16-17,19H2,1H3,(H,32,33). The highest BCUT2D eigenvalue weighted by atomic mass is 19.1. The molecule has 0 saturated heterocycles. The highest BCUT2D eigenvalue weighted by molar-refractivity contribution is 6.10. The molecule has 0 aliphatic carbocycles. The summed E-state index contributed by atoms with van der Waals surface area (Å²) >= 11 is 0. The summed E-state index contributed by atoms with van der Waals surface area (Å²) in [5, 5.41) is 11.1. The number of hydrogen-bond acceptors (Lipinski definition) is 4. The van der Waals surface area contributed by atoms with Crippen LogP contribution in [0, 0.1) is 5.82 Å². The van der Waals surface area contributed by atoms with Crippen molar-refractivity contribution in [3.63, 3.8) is 0 Å². The molecule has 35 heavy (non-hydrogen) atoms. The second-order valence-corrected chi connectivity index (χ2v) is 8.49. The quantitative estimate of drug-likeness (QED) is 0.299. The molecule has 0 amide bonds. The van der Waals surface area contributed by atoms with Crippen LogP contribution in [0.15, 0.2) is 91.0 Å². The van der Waals surface area contributed by atoms with E-state index in [1.54, 1.807) is 48.3 Å². The summed E-state index contributed by atoms with van der Waals surface area (Å²) in [7, 11) is 1.73. The van der Waals surface area contributed by atoms with Gasteiger partial charge < -0.3 is 9.84 Å². The molecule has 4 aromatic rings. The van der Waals surface area contributed by atoms with E-state index in [0.29, 0.717) is 29.8 Å². The van der Waals surface area contributed by atoms with Gasteiger partial charge in [-0.3, -0.25) is 14.5 Å². The molecule has 4 rings (SSSR count). The third kappa shape index (κ3) is 6.31. The third-order valence-corrected chi connectivity index (χ3v) is 5.83. The molecule has 4 aromatic carbocycles. The molecule has 5 nitrogen and oxygen atoms in total. The number of rotatable bonds is 10. The minimum Gasteiger partial charge on any atom is -0.486 e. The van der Waals surface area contributed by atoms with E-state index in [9.17, 15) is 14.0 Å². The van der Waals surface area contributed by atoms with Crippen molar-refractivity contribution in [2.45, 2.75) is 12.5 Å². The van der Waals surface area contributed by atoms with Gasteiger partial charge in [0.05, 0.1) is 6.54 Å². The van der Waals surface area contributed by atoms with Gasteiger partial charge in [-0.15, -0.1) is 0 Å². The lowest BCUT2D eigenvalue weighted by atomic mass is 10.00.